The van der Waals surface area contributed by atoms with E-state index in [1.165, 1.54) is 39.0 Å². The van der Waals surface area contributed by atoms with E-state index in [1.54, 1.807) is 5.57 Å². The Hall–Kier alpha value is -3.03. The van der Waals surface area contributed by atoms with Gasteiger partial charge in [-0.05, 0) is 72.6 Å². The summed E-state index contributed by atoms with van der Waals surface area (Å²) >= 11 is 0. The minimum Gasteiger partial charge on any atom is -0.229 e. The summed E-state index contributed by atoms with van der Waals surface area (Å²) in [6.07, 6.45) is 19.2. The van der Waals surface area contributed by atoms with Crippen molar-refractivity contribution >= 4 is 21.7 Å². The maximum Gasteiger partial charge on any atom is 0.0358 e. The first-order valence-electron chi connectivity index (χ1n) is 12.6. The molecule has 2 aliphatic carbocycles. The summed E-state index contributed by atoms with van der Waals surface area (Å²) in [4.78, 5) is 0. The van der Waals surface area contributed by atoms with Crippen LogP contribution in [0, 0.1) is 0 Å². The molecule has 0 saturated heterocycles. The predicted octanol–water partition coefficient (Wildman–Crippen LogP) is 9.62. The van der Waals surface area contributed by atoms with Crippen molar-refractivity contribution < 1.29 is 0 Å². The molecule has 0 N–H and O–H groups in total. The third-order valence-corrected chi connectivity index (χ3v) is 11.6. The van der Waals surface area contributed by atoms with Crippen molar-refractivity contribution in [2.45, 2.75) is 37.2 Å². The Balaban J connectivity index is 1.49. The molecule has 0 spiro atoms. The van der Waals surface area contributed by atoms with E-state index >= 15 is 0 Å². The minimum atomic E-state index is -1.02. The van der Waals surface area contributed by atoms with Crippen LogP contribution in [0.3, 0.4) is 0 Å². The van der Waals surface area contributed by atoms with Gasteiger partial charge in [0.1, 0.15) is 0 Å². The van der Waals surface area contributed by atoms with Gasteiger partial charge >= 0.3 is 0 Å². The van der Waals surface area contributed by atoms with Crippen molar-refractivity contribution in [1.29, 1.82) is 0 Å². The quantitative estimate of drug-likeness (QED) is 0.329. The largest absolute Gasteiger partial charge is 0.229 e. The van der Waals surface area contributed by atoms with Crippen LogP contribution in [0.4, 0.5) is 0 Å². The Morgan fingerprint density at radius 1 is 0.743 bits per heavy atom. The van der Waals surface area contributed by atoms with E-state index in [2.05, 4.69) is 136 Å². The average molecular weight is 477 g/mol. The zero-order valence-corrected chi connectivity index (χ0v) is 22.2. The molecule has 0 nitrogen and oxygen atoms in total. The fourth-order valence-corrected chi connectivity index (χ4v) is 9.87. The topological polar surface area (TPSA) is 0 Å². The molecule has 0 aliphatic heterocycles. The predicted molar refractivity (Wildman–Crippen MR) is 158 cm³/mol. The number of hydrogen-bond acceptors (Lipinski definition) is 0. The highest BCUT2D eigenvalue weighted by Gasteiger charge is 2.38. The molecule has 2 atom stereocenters. The number of rotatable bonds is 4. The van der Waals surface area contributed by atoms with Gasteiger partial charge in [-0.15, -0.1) is 0 Å². The summed E-state index contributed by atoms with van der Waals surface area (Å²) in [5.74, 6) is 0. The third-order valence-electron chi connectivity index (χ3n) is 7.71. The molecule has 35 heavy (non-hydrogen) atoms. The van der Waals surface area contributed by atoms with Gasteiger partial charge in [-0.3, -0.25) is 0 Å². The van der Waals surface area contributed by atoms with E-state index in [0.717, 1.165) is 12.8 Å². The Kier molecular flexibility index (Phi) is 6.71. The molecule has 0 aromatic heterocycles. The normalized spacial score (nSPS) is 23.0. The molecule has 1 heteroatoms. The third kappa shape index (κ3) is 4.62. The second-order valence-electron chi connectivity index (χ2n) is 10.3. The van der Waals surface area contributed by atoms with Gasteiger partial charge in [0.2, 0.25) is 0 Å². The number of hydrogen-bond donors (Lipinski definition) is 0. The van der Waals surface area contributed by atoms with Crippen LogP contribution in [0.2, 0.25) is 0 Å². The Bertz CT molecular complexity index is 1320. The lowest BCUT2D eigenvalue weighted by molar-refractivity contribution is 0.957. The SMILES string of the molecule is CC1=CC/C(c2ccccc2)=C\C=C/CC1S(C)(C)C1C(C)=Cc2c(-c3ccccc3)cccc21. The maximum atomic E-state index is 2.57. The maximum absolute atomic E-state index is 2.57. The molecule has 0 bridgehead atoms. The Morgan fingerprint density at radius 2 is 1.43 bits per heavy atom. The van der Waals surface area contributed by atoms with E-state index in [1.807, 2.05) is 0 Å². The highest BCUT2D eigenvalue weighted by Crippen LogP contribution is 2.66. The van der Waals surface area contributed by atoms with Crippen LogP contribution in [-0.2, 0) is 0 Å². The van der Waals surface area contributed by atoms with E-state index < -0.39 is 10.0 Å². The molecule has 3 aromatic rings. The van der Waals surface area contributed by atoms with Gasteiger partial charge in [0.25, 0.3) is 0 Å². The molecule has 5 rings (SSSR count). The molecule has 0 fully saturated rings. The van der Waals surface area contributed by atoms with Gasteiger partial charge in [-0.25, -0.2) is 10.0 Å². The van der Waals surface area contributed by atoms with Crippen LogP contribution >= 0.6 is 10.0 Å². The summed E-state index contributed by atoms with van der Waals surface area (Å²) in [7, 11) is -1.02. The lowest BCUT2D eigenvalue weighted by Gasteiger charge is -2.47. The monoisotopic (exact) mass is 476 g/mol. The minimum absolute atomic E-state index is 0.491. The van der Waals surface area contributed by atoms with E-state index in [4.69, 9.17) is 0 Å². The van der Waals surface area contributed by atoms with Gasteiger partial charge in [0.15, 0.2) is 0 Å². The summed E-state index contributed by atoms with van der Waals surface area (Å²) in [5, 5.41) is 1.05. The second kappa shape index (κ2) is 9.91. The van der Waals surface area contributed by atoms with Crippen LogP contribution in [-0.4, -0.2) is 17.8 Å². The van der Waals surface area contributed by atoms with E-state index in [0.29, 0.717) is 10.5 Å². The van der Waals surface area contributed by atoms with Crippen molar-refractivity contribution in [1.82, 2.24) is 0 Å². The van der Waals surface area contributed by atoms with Crippen LogP contribution in [0.5, 0.6) is 0 Å². The fraction of sp³-hybridized carbons (Fsp3) is 0.235. The first kappa shape index (κ1) is 23.7. The Labute approximate surface area is 213 Å². The molecule has 0 saturated carbocycles. The summed E-state index contributed by atoms with van der Waals surface area (Å²) < 4.78 is 0. The van der Waals surface area contributed by atoms with Crippen molar-refractivity contribution in [3.63, 3.8) is 0 Å². The first-order valence-corrected chi connectivity index (χ1v) is 15.2. The summed E-state index contributed by atoms with van der Waals surface area (Å²) in [6, 6.07) is 28.6. The standard InChI is InChI=1S/C34H36S/c1-25-22-23-28(27-14-7-5-8-15-27)16-11-12-21-33(25)35(3,4)34-26(2)24-32-30(19-13-20-31(32)34)29-17-9-6-10-18-29/h5-20,22,24,33-34H,21,23H2,1-4H3/b12-11-,25-22?,28-16+. The molecule has 178 valence electrons. The van der Waals surface area contributed by atoms with Crippen molar-refractivity contribution in [2.24, 2.45) is 0 Å². The van der Waals surface area contributed by atoms with Crippen LogP contribution < -0.4 is 0 Å². The highest BCUT2D eigenvalue weighted by molar-refractivity contribution is 8.33. The average Bonchev–Trinajstić information content (AvgIpc) is 3.26. The van der Waals surface area contributed by atoms with Gasteiger partial charge in [-0.2, -0.15) is 0 Å². The van der Waals surface area contributed by atoms with Gasteiger partial charge < -0.3 is 0 Å². The molecule has 0 radical (unpaired) electrons. The molecular weight excluding hydrogens is 440 g/mol. The summed E-state index contributed by atoms with van der Waals surface area (Å²) in [5.41, 5.74) is 11.4. The van der Waals surface area contributed by atoms with Crippen LogP contribution in [0.15, 0.2) is 114 Å². The van der Waals surface area contributed by atoms with Crippen molar-refractivity contribution in [2.75, 3.05) is 12.5 Å². The van der Waals surface area contributed by atoms with Crippen LogP contribution in [0.1, 0.15) is 48.6 Å². The zero-order chi connectivity index (χ0) is 24.4. The fourth-order valence-electron chi connectivity index (χ4n) is 6.00. The van der Waals surface area contributed by atoms with Crippen molar-refractivity contribution in [3.8, 4) is 11.1 Å². The van der Waals surface area contributed by atoms with Gasteiger partial charge in [0, 0.05) is 10.5 Å². The number of allylic oxidation sites excluding steroid dienone is 5. The number of benzene rings is 3. The molecule has 2 unspecified atom stereocenters. The summed E-state index contributed by atoms with van der Waals surface area (Å²) in [6.45, 7) is 4.73. The van der Waals surface area contributed by atoms with Gasteiger partial charge in [-0.1, -0.05) is 120 Å². The van der Waals surface area contributed by atoms with E-state index in [-0.39, 0.29) is 0 Å². The lowest BCUT2D eigenvalue weighted by Crippen LogP contribution is -2.23. The highest BCUT2D eigenvalue weighted by atomic mass is 32.3. The molecule has 2 aliphatic rings. The zero-order valence-electron chi connectivity index (χ0n) is 21.4. The first-order chi connectivity index (χ1) is 17.0. The Morgan fingerprint density at radius 3 is 2.14 bits per heavy atom. The molecule has 0 amide bonds. The van der Waals surface area contributed by atoms with E-state index in [9.17, 15) is 0 Å². The van der Waals surface area contributed by atoms with Gasteiger partial charge in [0.05, 0.1) is 0 Å². The molecular formula is C34H36S. The second-order valence-corrected chi connectivity index (χ2v) is 14.3. The molecule has 3 aromatic carbocycles. The smallest absolute Gasteiger partial charge is 0.0358 e. The number of fused-ring (bicyclic) bond motifs is 1. The molecule has 0 heterocycles. The lowest BCUT2D eigenvalue weighted by atomic mass is 9.97. The van der Waals surface area contributed by atoms with Crippen molar-refractivity contribution in [3.05, 3.63) is 131 Å². The van der Waals surface area contributed by atoms with Crippen LogP contribution in [0.25, 0.3) is 22.8 Å².